The van der Waals surface area contributed by atoms with Crippen molar-refractivity contribution in [3.05, 3.63) is 39.3 Å². The summed E-state index contributed by atoms with van der Waals surface area (Å²) in [6.07, 6.45) is 1.48. The number of rotatable bonds is 6. The Morgan fingerprint density at radius 1 is 1.37 bits per heavy atom. The molecule has 2 aromatic heterocycles. The van der Waals surface area contributed by atoms with Crippen LogP contribution in [0.5, 0.6) is 0 Å². The fourth-order valence-electron chi connectivity index (χ4n) is 1.56. The van der Waals surface area contributed by atoms with Gasteiger partial charge in [-0.3, -0.25) is 0 Å². The van der Waals surface area contributed by atoms with E-state index in [4.69, 9.17) is 11.6 Å². The van der Waals surface area contributed by atoms with Gasteiger partial charge in [0.2, 0.25) is 10.0 Å². The number of halogens is 1. The van der Waals surface area contributed by atoms with Crippen molar-refractivity contribution in [2.75, 3.05) is 7.05 Å². The number of hydrogen-bond donors (Lipinski definition) is 3. The van der Waals surface area contributed by atoms with Crippen LogP contribution in [0.15, 0.2) is 29.3 Å². The van der Waals surface area contributed by atoms with Crippen molar-refractivity contribution < 1.29 is 8.42 Å². The fraction of sp³-hybridized carbons (Fsp3) is 0.273. The third-order valence-corrected chi connectivity index (χ3v) is 5.07. The first kappa shape index (κ1) is 14.5. The number of nitrogens with one attached hydrogen (secondary N) is 3. The average molecular weight is 320 g/mol. The zero-order valence-electron chi connectivity index (χ0n) is 10.2. The van der Waals surface area contributed by atoms with Crippen LogP contribution in [0, 0.1) is 0 Å². The summed E-state index contributed by atoms with van der Waals surface area (Å²) in [5.74, 6) is 0. The van der Waals surface area contributed by atoms with E-state index in [-0.39, 0.29) is 11.4 Å². The van der Waals surface area contributed by atoms with E-state index in [1.807, 2.05) is 0 Å². The van der Waals surface area contributed by atoms with Crippen molar-refractivity contribution in [2.24, 2.45) is 0 Å². The molecule has 0 aromatic carbocycles. The van der Waals surface area contributed by atoms with Crippen molar-refractivity contribution in [1.29, 1.82) is 0 Å². The van der Waals surface area contributed by atoms with Gasteiger partial charge >= 0.3 is 0 Å². The summed E-state index contributed by atoms with van der Waals surface area (Å²) in [4.78, 5) is 4.03. The molecule has 0 spiro atoms. The van der Waals surface area contributed by atoms with Gasteiger partial charge in [-0.05, 0) is 25.2 Å². The van der Waals surface area contributed by atoms with Gasteiger partial charge in [-0.1, -0.05) is 11.6 Å². The maximum Gasteiger partial charge on any atom is 0.242 e. The summed E-state index contributed by atoms with van der Waals surface area (Å²) in [6, 6.07) is 5.16. The molecule has 0 fully saturated rings. The Morgan fingerprint density at radius 2 is 2.16 bits per heavy atom. The minimum absolute atomic E-state index is 0.236. The molecule has 0 atom stereocenters. The van der Waals surface area contributed by atoms with Crippen molar-refractivity contribution in [3.63, 3.8) is 0 Å². The van der Waals surface area contributed by atoms with Crippen molar-refractivity contribution in [1.82, 2.24) is 15.0 Å². The zero-order chi connectivity index (χ0) is 13.9. The Kier molecular flexibility index (Phi) is 4.64. The molecule has 0 unspecified atom stereocenters. The Bertz CT molecular complexity index is 648. The molecule has 0 radical (unpaired) electrons. The van der Waals surface area contributed by atoms with Gasteiger partial charge < -0.3 is 10.3 Å². The Hall–Kier alpha value is -0.860. The molecule has 104 valence electrons. The van der Waals surface area contributed by atoms with Gasteiger partial charge in [0.15, 0.2) is 0 Å². The highest BCUT2D eigenvalue weighted by Crippen LogP contribution is 2.21. The maximum atomic E-state index is 12.1. The van der Waals surface area contributed by atoms with Crippen LogP contribution in [-0.2, 0) is 23.1 Å². The third-order valence-electron chi connectivity index (χ3n) is 2.46. The first-order valence-electron chi connectivity index (χ1n) is 5.57. The van der Waals surface area contributed by atoms with Crippen molar-refractivity contribution >= 4 is 33.0 Å². The molecule has 0 saturated heterocycles. The molecule has 0 aliphatic carbocycles. The molecule has 2 aromatic rings. The molecule has 19 heavy (non-hydrogen) atoms. The lowest BCUT2D eigenvalue weighted by atomic mass is 10.4. The van der Waals surface area contributed by atoms with Gasteiger partial charge in [0, 0.05) is 29.9 Å². The van der Waals surface area contributed by atoms with Crippen LogP contribution in [0.1, 0.15) is 10.6 Å². The van der Waals surface area contributed by atoms with Gasteiger partial charge in [0.1, 0.15) is 0 Å². The normalized spacial score (nSPS) is 11.9. The van der Waals surface area contributed by atoms with Crippen molar-refractivity contribution in [3.8, 4) is 0 Å². The Labute approximate surface area is 121 Å². The zero-order valence-corrected chi connectivity index (χ0v) is 12.6. The fourth-order valence-corrected chi connectivity index (χ4v) is 3.71. The van der Waals surface area contributed by atoms with Crippen LogP contribution in [0.3, 0.4) is 0 Å². The van der Waals surface area contributed by atoms with Gasteiger partial charge in [0.05, 0.1) is 9.23 Å². The van der Waals surface area contributed by atoms with Crippen LogP contribution < -0.4 is 10.0 Å². The molecular formula is C11H14ClN3O2S2. The molecule has 5 nitrogen and oxygen atoms in total. The molecular weight excluding hydrogens is 306 g/mol. The second kappa shape index (κ2) is 6.06. The molecule has 2 heterocycles. The van der Waals surface area contributed by atoms with E-state index in [1.165, 1.54) is 17.5 Å². The summed E-state index contributed by atoms with van der Waals surface area (Å²) in [5.41, 5.74) is 0.821. The van der Waals surface area contributed by atoms with E-state index >= 15 is 0 Å². The molecule has 0 aliphatic heterocycles. The summed E-state index contributed by atoms with van der Waals surface area (Å²) < 4.78 is 27.3. The summed E-state index contributed by atoms with van der Waals surface area (Å²) in [5, 5.41) is 2.95. The largest absolute Gasteiger partial charge is 0.363 e. The molecule has 2 rings (SSSR count). The van der Waals surface area contributed by atoms with Crippen LogP contribution >= 0.6 is 22.9 Å². The lowest BCUT2D eigenvalue weighted by Gasteiger charge is -2.02. The number of H-pyrrole nitrogens is 1. The number of aromatic amines is 1. The minimum atomic E-state index is -3.49. The van der Waals surface area contributed by atoms with E-state index in [0.717, 1.165) is 10.6 Å². The van der Waals surface area contributed by atoms with E-state index in [0.29, 0.717) is 10.9 Å². The monoisotopic (exact) mass is 319 g/mol. The van der Waals surface area contributed by atoms with Gasteiger partial charge in [0.25, 0.3) is 0 Å². The van der Waals surface area contributed by atoms with E-state index < -0.39 is 10.0 Å². The lowest BCUT2D eigenvalue weighted by molar-refractivity contribution is 0.582. The SMILES string of the molecule is CNCc1cc(S(=O)(=O)NCc2ccc(Cl)s2)c[nH]1. The van der Waals surface area contributed by atoms with E-state index in [2.05, 4.69) is 15.0 Å². The first-order valence-corrected chi connectivity index (χ1v) is 8.25. The topological polar surface area (TPSA) is 74.0 Å². The molecule has 0 amide bonds. The quantitative estimate of drug-likeness (QED) is 0.761. The number of aromatic nitrogens is 1. The summed E-state index contributed by atoms with van der Waals surface area (Å²) in [6.45, 7) is 0.836. The van der Waals surface area contributed by atoms with Gasteiger partial charge in [-0.15, -0.1) is 11.3 Å². The summed E-state index contributed by atoms with van der Waals surface area (Å²) in [7, 11) is -1.69. The molecule has 0 saturated carbocycles. The Balaban J connectivity index is 2.04. The van der Waals surface area contributed by atoms with Gasteiger partial charge in [-0.2, -0.15) is 0 Å². The standard InChI is InChI=1S/C11H14ClN3O2S2/c1-13-5-8-4-10(7-14-8)19(16,17)15-6-9-2-3-11(12)18-9/h2-4,7,13-15H,5-6H2,1H3. The van der Waals surface area contributed by atoms with E-state index in [9.17, 15) is 8.42 Å². The Morgan fingerprint density at radius 3 is 2.79 bits per heavy atom. The lowest BCUT2D eigenvalue weighted by Crippen LogP contribution is -2.22. The average Bonchev–Trinajstić information content (AvgIpc) is 2.97. The second-order valence-electron chi connectivity index (χ2n) is 3.92. The summed E-state index contributed by atoms with van der Waals surface area (Å²) >= 11 is 7.15. The van der Waals surface area contributed by atoms with E-state index in [1.54, 1.807) is 25.2 Å². The number of thiophene rings is 1. The van der Waals surface area contributed by atoms with Crippen LogP contribution in [0.25, 0.3) is 0 Å². The molecule has 0 bridgehead atoms. The van der Waals surface area contributed by atoms with Crippen molar-refractivity contribution in [2.45, 2.75) is 18.0 Å². The highest BCUT2D eigenvalue weighted by molar-refractivity contribution is 7.89. The van der Waals surface area contributed by atoms with Crippen LogP contribution in [-0.4, -0.2) is 20.4 Å². The molecule has 8 heteroatoms. The highest BCUT2D eigenvalue weighted by atomic mass is 35.5. The van der Waals surface area contributed by atoms with Gasteiger partial charge in [-0.25, -0.2) is 13.1 Å². The maximum absolute atomic E-state index is 12.1. The molecule has 3 N–H and O–H groups in total. The number of hydrogen-bond acceptors (Lipinski definition) is 4. The molecule has 0 aliphatic rings. The van der Waals surface area contributed by atoms with Crippen LogP contribution in [0.2, 0.25) is 4.34 Å². The van der Waals surface area contributed by atoms with Crippen LogP contribution in [0.4, 0.5) is 0 Å². The smallest absolute Gasteiger partial charge is 0.242 e. The second-order valence-corrected chi connectivity index (χ2v) is 7.49. The number of sulfonamides is 1. The highest BCUT2D eigenvalue weighted by Gasteiger charge is 2.15. The first-order chi connectivity index (χ1) is 9.01. The third kappa shape index (κ3) is 3.80. The predicted molar refractivity (Wildman–Crippen MR) is 76.9 cm³/mol. The predicted octanol–water partition coefficient (Wildman–Crippen LogP) is 1.93. The minimum Gasteiger partial charge on any atom is -0.363 e.